The van der Waals surface area contributed by atoms with Gasteiger partial charge in [-0.1, -0.05) is 36.4 Å². The smallest absolute Gasteiger partial charge is 0.276 e. The molecule has 1 aromatic heterocycles. The average molecular weight is 313 g/mol. The number of fused-ring (bicyclic) bond motifs is 1. The van der Waals surface area contributed by atoms with Gasteiger partial charge < -0.3 is 4.57 Å². The van der Waals surface area contributed by atoms with Gasteiger partial charge in [0.25, 0.3) is 10.0 Å². The second-order valence-electron chi connectivity index (χ2n) is 4.88. The first-order chi connectivity index (χ1) is 10.6. The number of nitrogens with zero attached hydrogens (tertiary/aromatic N) is 2. The summed E-state index contributed by atoms with van der Waals surface area (Å²) in [5.41, 5.74) is 1.92. The van der Waals surface area contributed by atoms with Crippen LogP contribution in [-0.2, 0) is 17.1 Å². The molecule has 6 heteroatoms. The largest absolute Gasteiger partial charge is 0.350 e. The molecule has 22 heavy (non-hydrogen) atoms. The molecule has 0 aliphatic rings. The Labute approximate surface area is 128 Å². The van der Waals surface area contributed by atoms with E-state index in [-0.39, 0.29) is 4.90 Å². The number of nitrogens with one attached hydrogen (secondary N) is 1. The fourth-order valence-corrected chi connectivity index (χ4v) is 3.11. The monoisotopic (exact) mass is 313 g/mol. The molecular formula is C16H15N3O2S. The molecule has 3 rings (SSSR count). The van der Waals surface area contributed by atoms with Crippen molar-refractivity contribution in [2.45, 2.75) is 4.90 Å². The lowest BCUT2D eigenvalue weighted by atomic mass is 10.2. The third kappa shape index (κ3) is 2.73. The molecule has 3 aromatic rings. The summed E-state index contributed by atoms with van der Waals surface area (Å²) in [5, 5.41) is 4.90. The van der Waals surface area contributed by atoms with Gasteiger partial charge in [-0.05, 0) is 18.2 Å². The van der Waals surface area contributed by atoms with Crippen LogP contribution in [0.1, 0.15) is 5.56 Å². The van der Waals surface area contributed by atoms with E-state index in [1.165, 1.54) is 18.3 Å². The molecule has 1 heterocycles. The van der Waals surface area contributed by atoms with Crippen LogP contribution < -0.4 is 4.83 Å². The average Bonchev–Trinajstić information content (AvgIpc) is 2.85. The summed E-state index contributed by atoms with van der Waals surface area (Å²) >= 11 is 0. The van der Waals surface area contributed by atoms with E-state index in [9.17, 15) is 8.42 Å². The molecule has 0 fully saturated rings. The number of aromatic nitrogens is 1. The summed E-state index contributed by atoms with van der Waals surface area (Å²) in [6.07, 6.45) is 3.42. The summed E-state index contributed by atoms with van der Waals surface area (Å²) in [5.74, 6) is 0. The van der Waals surface area contributed by atoms with Gasteiger partial charge in [0.05, 0.1) is 11.1 Å². The lowest BCUT2D eigenvalue weighted by molar-refractivity contribution is 0.584. The zero-order valence-electron chi connectivity index (χ0n) is 12.0. The predicted octanol–water partition coefficient (Wildman–Crippen LogP) is 2.49. The van der Waals surface area contributed by atoms with Crippen molar-refractivity contribution in [1.82, 2.24) is 9.40 Å². The number of rotatable bonds is 4. The third-order valence-corrected chi connectivity index (χ3v) is 4.60. The van der Waals surface area contributed by atoms with E-state index in [1.54, 1.807) is 18.2 Å². The minimum absolute atomic E-state index is 0.185. The van der Waals surface area contributed by atoms with Crippen LogP contribution in [0, 0.1) is 0 Å². The number of aryl methyl sites for hydroxylation is 1. The van der Waals surface area contributed by atoms with Gasteiger partial charge in [-0.3, -0.25) is 0 Å². The van der Waals surface area contributed by atoms with Crippen molar-refractivity contribution in [3.63, 3.8) is 0 Å². The zero-order chi connectivity index (χ0) is 15.6. The van der Waals surface area contributed by atoms with Crippen LogP contribution >= 0.6 is 0 Å². The van der Waals surface area contributed by atoms with Crippen LogP contribution in [0.15, 0.2) is 70.8 Å². The molecule has 1 N–H and O–H groups in total. The maximum absolute atomic E-state index is 12.1. The zero-order valence-corrected chi connectivity index (χ0v) is 12.8. The highest BCUT2D eigenvalue weighted by molar-refractivity contribution is 7.89. The molecule has 0 unspecified atom stereocenters. The van der Waals surface area contributed by atoms with Gasteiger partial charge in [0.15, 0.2) is 0 Å². The van der Waals surface area contributed by atoms with Crippen molar-refractivity contribution in [3.8, 4) is 0 Å². The summed E-state index contributed by atoms with van der Waals surface area (Å²) < 4.78 is 26.1. The van der Waals surface area contributed by atoms with Crippen molar-refractivity contribution in [3.05, 3.63) is 66.4 Å². The van der Waals surface area contributed by atoms with E-state index in [1.807, 2.05) is 42.1 Å². The highest BCUT2D eigenvalue weighted by Crippen LogP contribution is 2.18. The van der Waals surface area contributed by atoms with Crippen LogP contribution in [0.25, 0.3) is 10.9 Å². The molecule has 0 radical (unpaired) electrons. The molecular weight excluding hydrogens is 298 g/mol. The van der Waals surface area contributed by atoms with E-state index in [0.29, 0.717) is 0 Å². The lowest BCUT2D eigenvalue weighted by Crippen LogP contribution is -2.18. The fourth-order valence-electron chi connectivity index (χ4n) is 2.29. The maximum Gasteiger partial charge on any atom is 0.276 e. The van der Waals surface area contributed by atoms with Crippen molar-refractivity contribution in [2.24, 2.45) is 12.1 Å². The Kier molecular flexibility index (Phi) is 3.68. The molecule has 0 spiro atoms. The summed E-state index contributed by atoms with van der Waals surface area (Å²) in [6, 6.07) is 16.0. The first-order valence-electron chi connectivity index (χ1n) is 6.72. The minimum Gasteiger partial charge on any atom is -0.350 e. The van der Waals surface area contributed by atoms with Gasteiger partial charge in [0.2, 0.25) is 0 Å². The molecule has 0 atom stereocenters. The molecule has 0 aliphatic carbocycles. The van der Waals surface area contributed by atoms with Gasteiger partial charge in [-0.2, -0.15) is 13.5 Å². The predicted molar refractivity (Wildman–Crippen MR) is 87.3 cm³/mol. The van der Waals surface area contributed by atoms with Gasteiger partial charge in [0.1, 0.15) is 0 Å². The summed E-state index contributed by atoms with van der Waals surface area (Å²) in [7, 11) is -1.69. The molecule has 0 bridgehead atoms. The maximum atomic E-state index is 12.1. The number of hydrogen-bond acceptors (Lipinski definition) is 3. The van der Waals surface area contributed by atoms with Gasteiger partial charge >= 0.3 is 0 Å². The Morgan fingerprint density at radius 2 is 1.73 bits per heavy atom. The number of sulfonamides is 1. The normalized spacial score (nSPS) is 12.0. The quantitative estimate of drug-likeness (QED) is 0.594. The molecule has 112 valence electrons. The Hall–Kier alpha value is -2.60. The number of para-hydroxylation sites is 1. The first kappa shape index (κ1) is 14.3. The fraction of sp³-hybridized carbons (Fsp3) is 0.0625. The Bertz CT molecular complexity index is 928. The highest BCUT2D eigenvalue weighted by atomic mass is 32.2. The SMILES string of the molecule is Cn1cc(/C=N/NS(=O)(=O)c2ccccc2)c2ccccc21. The minimum atomic E-state index is -3.63. The second kappa shape index (κ2) is 5.65. The van der Waals surface area contributed by atoms with E-state index >= 15 is 0 Å². The van der Waals surface area contributed by atoms with E-state index < -0.39 is 10.0 Å². The van der Waals surface area contributed by atoms with Crippen LogP contribution in [0.5, 0.6) is 0 Å². The highest BCUT2D eigenvalue weighted by Gasteiger charge is 2.11. The summed E-state index contributed by atoms with van der Waals surface area (Å²) in [4.78, 5) is 2.42. The molecule has 0 amide bonds. The van der Waals surface area contributed by atoms with Gasteiger partial charge in [-0.25, -0.2) is 4.83 Å². The van der Waals surface area contributed by atoms with Crippen LogP contribution in [0.4, 0.5) is 0 Å². The van der Waals surface area contributed by atoms with Crippen LogP contribution in [0.3, 0.4) is 0 Å². The van der Waals surface area contributed by atoms with E-state index in [0.717, 1.165) is 16.5 Å². The Morgan fingerprint density at radius 3 is 2.50 bits per heavy atom. The molecule has 2 aromatic carbocycles. The topological polar surface area (TPSA) is 63.5 Å². The second-order valence-corrected chi connectivity index (χ2v) is 6.54. The van der Waals surface area contributed by atoms with Crippen molar-refractivity contribution >= 4 is 27.1 Å². The van der Waals surface area contributed by atoms with Crippen LogP contribution in [-0.4, -0.2) is 19.2 Å². The molecule has 5 nitrogen and oxygen atoms in total. The molecule has 0 saturated carbocycles. The van der Waals surface area contributed by atoms with Crippen molar-refractivity contribution in [2.75, 3.05) is 0 Å². The summed E-state index contributed by atoms with van der Waals surface area (Å²) in [6.45, 7) is 0. The van der Waals surface area contributed by atoms with E-state index in [4.69, 9.17) is 0 Å². The van der Waals surface area contributed by atoms with E-state index in [2.05, 4.69) is 9.93 Å². The lowest BCUT2D eigenvalue weighted by Gasteiger charge is -2.02. The van der Waals surface area contributed by atoms with Gasteiger partial charge in [0, 0.05) is 29.7 Å². The standard InChI is InChI=1S/C16H15N3O2S/c1-19-12-13(15-9-5-6-10-16(15)19)11-17-18-22(20,21)14-7-3-2-4-8-14/h2-12,18H,1H3/b17-11+. The number of hydrazone groups is 1. The molecule has 0 aliphatic heterocycles. The Balaban J connectivity index is 1.85. The van der Waals surface area contributed by atoms with Crippen molar-refractivity contribution < 1.29 is 8.42 Å². The van der Waals surface area contributed by atoms with Crippen molar-refractivity contribution in [1.29, 1.82) is 0 Å². The van der Waals surface area contributed by atoms with Crippen LogP contribution in [0.2, 0.25) is 0 Å². The number of benzene rings is 2. The Morgan fingerprint density at radius 1 is 1.05 bits per heavy atom. The van der Waals surface area contributed by atoms with Gasteiger partial charge in [-0.15, -0.1) is 0 Å². The third-order valence-electron chi connectivity index (χ3n) is 3.36. The first-order valence-corrected chi connectivity index (χ1v) is 8.20. The number of hydrogen-bond donors (Lipinski definition) is 1. The molecule has 0 saturated heterocycles.